The summed E-state index contributed by atoms with van der Waals surface area (Å²) in [6, 6.07) is 4.64. The van der Waals surface area contributed by atoms with Crippen LogP contribution in [0.3, 0.4) is 0 Å². The zero-order valence-electron chi connectivity index (χ0n) is 9.33. The Labute approximate surface area is 108 Å². The van der Waals surface area contributed by atoms with Crippen LogP contribution in [0.15, 0.2) is 22.7 Å². The van der Waals surface area contributed by atoms with Crippen molar-refractivity contribution in [1.29, 1.82) is 0 Å². The predicted molar refractivity (Wildman–Crippen MR) is 66.0 cm³/mol. The third-order valence-corrected chi connectivity index (χ3v) is 3.87. The summed E-state index contributed by atoms with van der Waals surface area (Å²) < 4.78 is 19.7. The molecule has 17 heavy (non-hydrogen) atoms. The number of ether oxygens (including phenoxy) is 1. The minimum absolute atomic E-state index is 0.281. The third-order valence-electron chi connectivity index (χ3n) is 3.38. The normalized spacial score (nSPS) is 26.1. The van der Waals surface area contributed by atoms with Gasteiger partial charge in [-0.2, -0.15) is 0 Å². The number of hydrogen-bond donors (Lipinski definition) is 2. The first-order valence-corrected chi connectivity index (χ1v) is 6.29. The number of aliphatic hydroxyl groups is 1. The fourth-order valence-corrected chi connectivity index (χ4v) is 2.50. The molecule has 0 bridgehead atoms. The Morgan fingerprint density at radius 1 is 1.59 bits per heavy atom. The van der Waals surface area contributed by atoms with Gasteiger partial charge in [-0.05, 0) is 18.6 Å². The van der Waals surface area contributed by atoms with E-state index < -0.39 is 17.3 Å². The number of halogens is 2. The summed E-state index contributed by atoms with van der Waals surface area (Å²) in [4.78, 5) is 0. The van der Waals surface area contributed by atoms with Crippen molar-refractivity contribution in [3.8, 4) is 0 Å². The zero-order valence-corrected chi connectivity index (χ0v) is 10.9. The topological polar surface area (TPSA) is 55.5 Å². The molecule has 0 amide bonds. The van der Waals surface area contributed by atoms with E-state index in [0.717, 1.165) is 0 Å². The van der Waals surface area contributed by atoms with E-state index in [1.807, 2.05) is 0 Å². The molecule has 1 aromatic carbocycles. The Morgan fingerprint density at radius 3 is 2.88 bits per heavy atom. The first-order chi connectivity index (χ1) is 8.09. The lowest BCUT2D eigenvalue weighted by atomic mass is 9.78. The van der Waals surface area contributed by atoms with Gasteiger partial charge in [0.1, 0.15) is 5.82 Å². The highest BCUT2D eigenvalue weighted by Crippen LogP contribution is 2.41. The van der Waals surface area contributed by atoms with Crippen LogP contribution in [0.2, 0.25) is 0 Å². The van der Waals surface area contributed by atoms with Gasteiger partial charge in [-0.3, -0.25) is 0 Å². The van der Waals surface area contributed by atoms with Crippen LogP contribution < -0.4 is 5.73 Å². The standard InChI is InChI=1S/C12H15BrFNO2/c13-8-1-2-9(10(14)5-8)11(16)12(6-15)3-4-17-7-12/h1-2,5,11,16H,3-4,6-7,15H2. The fraction of sp³-hybridized carbons (Fsp3) is 0.500. The quantitative estimate of drug-likeness (QED) is 0.898. The van der Waals surface area contributed by atoms with Crippen LogP contribution in [0.4, 0.5) is 4.39 Å². The van der Waals surface area contributed by atoms with Crippen molar-refractivity contribution in [2.45, 2.75) is 12.5 Å². The van der Waals surface area contributed by atoms with Gasteiger partial charge in [-0.25, -0.2) is 4.39 Å². The first kappa shape index (κ1) is 13.0. The molecule has 1 fully saturated rings. The van der Waals surface area contributed by atoms with E-state index in [2.05, 4.69) is 15.9 Å². The zero-order chi connectivity index (χ0) is 12.5. The minimum atomic E-state index is -0.928. The molecule has 94 valence electrons. The van der Waals surface area contributed by atoms with E-state index in [9.17, 15) is 9.50 Å². The maximum atomic E-state index is 13.8. The Hall–Kier alpha value is -0.490. The Kier molecular flexibility index (Phi) is 3.82. The molecule has 3 nitrogen and oxygen atoms in total. The molecule has 2 rings (SSSR count). The van der Waals surface area contributed by atoms with Crippen LogP contribution in [0.1, 0.15) is 18.1 Å². The van der Waals surface area contributed by atoms with Crippen LogP contribution in [0.25, 0.3) is 0 Å². The second-order valence-corrected chi connectivity index (χ2v) is 5.35. The Balaban J connectivity index is 2.32. The summed E-state index contributed by atoms with van der Waals surface area (Å²) in [5.41, 5.74) is 5.44. The van der Waals surface area contributed by atoms with Gasteiger partial charge in [0.15, 0.2) is 0 Å². The van der Waals surface area contributed by atoms with E-state index in [-0.39, 0.29) is 12.1 Å². The van der Waals surface area contributed by atoms with Gasteiger partial charge >= 0.3 is 0 Å². The third kappa shape index (κ3) is 2.38. The van der Waals surface area contributed by atoms with Crippen LogP contribution in [0.5, 0.6) is 0 Å². The molecular formula is C12H15BrFNO2. The molecular weight excluding hydrogens is 289 g/mol. The maximum Gasteiger partial charge on any atom is 0.130 e. The van der Waals surface area contributed by atoms with Crippen molar-refractivity contribution in [1.82, 2.24) is 0 Å². The smallest absolute Gasteiger partial charge is 0.130 e. The molecule has 1 heterocycles. The molecule has 0 radical (unpaired) electrons. The van der Waals surface area contributed by atoms with Gasteiger partial charge < -0.3 is 15.6 Å². The Morgan fingerprint density at radius 2 is 2.35 bits per heavy atom. The summed E-state index contributed by atoms with van der Waals surface area (Å²) in [5.74, 6) is -0.424. The van der Waals surface area contributed by atoms with Gasteiger partial charge in [0.2, 0.25) is 0 Å². The summed E-state index contributed by atoms with van der Waals surface area (Å²) in [6.45, 7) is 1.22. The summed E-state index contributed by atoms with van der Waals surface area (Å²) in [6.07, 6.45) is -0.275. The maximum absolute atomic E-state index is 13.8. The van der Waals surface area contributed by atoms with Gasteiger partial charge in [-0.1, -0.05) is 22.0 Å². The molecule has 0 aliphatic carbocycles. The lowest BCUT2D eigenvalue weighted by Crippen LogP contribution is -2.37. The molecule has 2 unspecified atom stereocenters. The highest BCUT2D eigenvalue weighted by molar-refractivity contribution is 9.10. The summed E-state index contributed by atoms with van der Waals surface area (Å²) in [5, 5.41) is 10.3. The van der Waals surface area contributed by atoms with Gasteiger partial charge in [0, 0.05) is 28.6 Å². The van der Waals surface area contributed by atoms with Crippen molar-refractivity contribution in [3.05, 3.63) is 34.1 Å². The van der Waals surface area contributed by atoms with Crippen molar-refractivity contribution in [2.24, 2.45) is 11.1 Å². The molecule has 2 atom stereocenters. The highest BCUT2D eigenvalue weighted by Gasteiger charge is 2.42. The van der Waals surface area contributed by atoms with Gasteiger partial charge in [0.05, 0.1) is 12.7 Å². The molecule has 0 aromatic heterocycles. The fourth-order valence-electron chi connectivity index (χ4n) is 2.16. The molecule has 1 aromatic rings. The number of rotatable bonds is 3. The first-order valence-electron chi connectivity index (χ1n) is 5.50. The predicted octanol–water partition coefficient (Wildman–Crippen LogP) is 1.99. The second kappa shape index (κ2) is 5.02. The largest absolute Gasteiger partial charge is 0.388 e. The van der Waals surface area contributed by atoms with E-state index in [0.29, 0.717) is 24.1 Å². The average molecular weight is 304 g/mol. The van der Waals surface area contributed by atoms with Gasteiger partial charge in [-0.15, -0.1) is 0 Å². The minimum Gasteiger partial charge on any atom is -0.388 e. The molecule has 3 N–H and O–H groups in total. The van der Waals surface area contributed by atoms with E-state index in [1.54, 1.807) is 12.1 Å². The van der Waals surface area contributed by atoms with Crippen molar-refractivity contribution in [3.63, 3.8) is 0 Å². The van der Waals surface area contributed by atoms with Crippen LogP contribution in [0, 0.1) is 11.2 Å². The molecule has 0 spiro atoms. The van der Waals surface area contributed by atoms with E-state index in [1.165, 1.54) is 6.07 Å². The number of aliphatic hydroxyl groups excluding tert-OH is 1. The van der Waals surface area contributed by atoms with Crippen molar-refractivity contribution < 1.29 is 14.2 Å². The lowest BCUT2D eigenvalue weighted by Gasteiger charge is -2.31. The van der Waals surface area contributed by atoms with Crippen molar-refractivity contribution >= 4 is 15.9 Å². The monoisotopic (exact) mass is 303 g/mol. The van der Waals surface area contributed by atoms with Crippen LogP contribution in [-0.4, -0.2) is 24.9 Å². The SMILES string of the molecule is NCC1(C(O)c2ccc(Br)cc2F)CCOC1. The van der Waals surface area contributed by atoms with Crippen LogP contribution >= 0.6 is 15.9 Å². The number of benzene rings is 1. The molecule has 1 aliphatic rings. The van der Waals surface area contributed by atoms with E-state index in [4.69, 9.17) is 10.5 Å². The Bertz CT molecular complexity index is 407. The summed E-state index contributed by atoms with van der Waals surface area (Å²) in [7, 11) is 0. The molecule has 5 heteroatoms. The second-order valence-electron chi connectivity index (χ2n) is 4.44. The molecule has 1 aliphatic heterocycles. The van der Waals surface area contributed by atoms with Crippen LogP contribution in [-0.2, 0) is 4.74 Å². The lowest BCUT2D eigenvalue weighted by molar-refractivity contribution is 0.0168. The number of nitrogens with two attached hydrogens (primary N) is 1. The molecule has 0 saturated carbocycles. The average Bonchev–Trinajstić information content (AvgIpc) is 2.78. The summed E-state index contributed by atoms with van der Waals surface area (Å²) >= 11 is 3.19. The number of hydrogen-bond acceptors (Lipinski definition) is 3. The van der Waals surface area contributed by atoms with E-state index >= 15 is 0 Å². The van der Waals surface area contributed by atoms with Crippen molar-refractivity contribution in [2.75, 3.05) is 19.8 Å². The molecule has 1 saturated heterocycles. The highest BCUT2D eigenvalue weighted by atomic mass is 79.9. The van der Waals surface area contributed by atoms with Gasteiger partial charge in [0.25, 0.3) is 0 Å².